The molecule has 1 heterocycles. The SMILES string of the molecule is COCCN(C)S(=O)(=O)C1CCCN(C(=O)NCCCC(=O)O)C1. The van der Waals surface area contributed by atoms with Crippen LogP contribution in [0.4, 0.5) is 4.79 Å². The zero-order valence-electron chi connectivity index (χ0n) is 14.2. The minimum absolute atomic E-state index is 0.0123. The summed E-state index contributed by atoms with van der Waals surface area (Å²) >= 11 is 0. The van der Waals surface area contributed by atoms with Crippen LogP contribution in [0.25, 0.3) is 0 Å². The van der Waals surface area contributed by atoms with E-state index in [1.165, 1.54) is 23.4 Å². The topological polar surface area (TPSA) is 116 Å². The molecule has 1 saturated heterocycles. The molecule has 0 bridgehead atoms. The molecule has 0 radical (unpaired) electrons. The maximum Gasteiger partial charge on any atom is 0.317 e. The fourth-order valence-corrected chi connectivity index (χ4v) is 4.18. The van der Waals surface area contributed by atoms with Crippen LogP contribution in [0.1, 0.15) is 25.7 Å². The van der Waals surface area contributed by atoms with Gasteiger partial charge in [-0.1, -0.05) is 0 Å². The van der Waals surface area contributed by atoms with Crippen molar-refractivity contribution in [1.82, 2.24) is 14.5 Å². The number of likely N-dealkylation sites (N-methyl/N-ethyl adjacent to an activating group) is 1. The Labute approximate surface area is 143 Å². The van der Waals surface area contributed by atoms with Crippen LogP contribution >= 0.6 is 0 Å². The first-order chi connectivity index (χ1) is 11.3. The van der Waals surface area contributed by atoms with E-state index in [2.05, 4.69) is 5.32 Å². The van der Waals surface area contributed by atoms with E-state index in [1.807, 2.05) is 0 Å². The van der Waals surface area contributed by atoms with Crippen molar-refractivity contribution in [3.8, 4) is 0 Å². The van der Waals surface area contributed by atoms with Crippen LogP contribution in [0.3, 0.4) is 0 Å². The lowest BCUT2D eigenvalue weighted by Crippen LogP contribution is -2.51. The third kappa shape index (κ3) is 6.25. The van der Waals surface area contributed by atoms with Crippen LogP contribution in [0, 0.1) is 0 Å². The summed E-state index contributed by atoms with van der Waals surface area (Å²) < 4.78 is 31.3. The summed E-state index contributed by atoms with van der Waals surface area (Å²) in [6.07, 6.45) is 1.46. The van der Waals surface area contributed by atoms with Crippen LogP contribution < -0.4 is 5.32 Å². The van der Waals surface area contributed by atoms with Gasteiger partial charge in [0.25, 0.3) is 0 Å². The Morgan fingerprint density at radius 1 is 1.42 bits per heavy atom. The number of ether oxygens (including phenoxy) is 1. The molecule has 9 nitrogen and oxygen atoms in total. The van der Waals surface area contributed by atoms with Gasteiger partial charge >= 0.3 is 12.0 Å². The summed E-state index contributed by atoms with van der Waals surface area (Å²) in [7, 11) is -0.459. The van der Waals surface area contributed by atoms with Crippen LogP contribution in [0.5, 0.6) is 0 Å². The maximum absolute atomic E-state index is 12.5. The predicted molar refractivity (Wildman–Crippen MR) is 88.3 cm³/mol. The number of methoxy groups -OCH3 is 1. The van der Waals surface area contributed by atoms with Crippen LogP contribution in [-0.4, -0.2) is 86.9 Å². The number of carboxylic acids is 1. The lowest BCUT2D eigenvalue weighted by molar-refractivity contribution is -0.137. The number of hydrogen-bond acceptors (Lipinski definition) is 5. The molecule has 1 aliphatic heterocycles. The standard InChI is InChI=1S/C14H27N3O6S/c1-16(9-10-23-2)24(21,22)12-5-4-8-17(11-12)14(20)15-7-3-6-13(18)19/h12H,3-11H2,1-2H3,(H,15,20)(H,18,19). The molecule has 2 amide bonds. The van der Waals surface area contributed by atoms with Gasteiger partial charge < -0.3 is 20.1 Å². The molecule has 140 valence electrons. The Balaban J connectivity index is 2.53. The van der Waals surface area contributed by atoms with Gasteiger partial charge in [0.15, 0.2) is 0 Å². The number of amides is 2. The van der Waals surface area contributed by atoms with Crippen LogP contribution in [0.15, 0.2) is 0 Å². The summed E-state index contributed by atoms with van der Waals surface area (Å²) in [5, 5.41) is 10.6. The van der Waals surface area contributed by atoms with Crippen molar-refractivity contribution in [3.63, 3.8) is 0 Å². The van der Waals surface area contributed by atoms with Crippen LogP contribution in [-0.2, 0) is 19.6 Å². The summed E-state index contributed by atoms with van der Waals surface area (Å²) in [6, 6.07) is -0.347. The fourth-order valence-electron chi connectivity index (χ4n) is 2.51. The number of piperidine rings is 1. The number of sulfonamides is 1. The first-order valence-corrected chi connectivity index (χ1v) is 9.48. The van der Waals surface area contributed by atoms with Crippen molar-refractivity contribution in [2.45, 2.75) is 30.9 Å². The summed E-state index contributed by atoms with van der Waals surface area (Å²) in [4.78, 5) is 24.0. The smallest absolute Gasteiger partial charge is 0.317 e. The van der Waals surface area contributed by atoms with Gasteiger partial charge in [-0.3, -0.25) is 4.79 Å². The molecule has 1 rings (SSSR count). The zero-order valence-corrected chi connectivity index (χ0v) is 15.0. The average molecular weight is 365 g/mol. The lowest BCUT2D eigenvalue weighted by atomic mass is 10.1. The van der Waals surface area contributed by atoms with Crippen LogP contribution in [0.2, 0.25) is 0 Å². The van der Waals surface area contributed by atoms with E-state index < -0.39 is 21.2 Å². The quantitative estimate of drug-likeness (QED) is 0.553. The number of nitrogens with one attached hydrogen (secondary N) is 1. The first kappa shape index (κ1) is 20.7. The van der Waals surface area contributed by atoms with E-state index in [4.69, 9.17) is 9.84 Å². The number of urea groups is 1. The molecular formula is C14H27N3O6S. The minimum atomic E-state index is -3.48. The average Bonchev–Trinajstić information content (AvgIpc) is 2.56. The van der Waals surface area contributed by atoms with E-state index in [0.29, 0.717) is 32.4 Å². The molecule has 1 fully saturated rings. The van der Waals surface area contributed by atoms with Gasteiger partial charge in [-0.15, -0.1) is 0 Å². The van der Waals surface area contributed by atoms with Crippen molar-refractivity contribution in [3.05, 3.63) is 0 Å². The molecule has 2 N–H and O–H groups in total. The maximum atomic E-state index is 12.5. The minimum Gasteiger partial charge on any atom is -0.481 e. The number of carbonyl (C=O) groups is 2. The Bertz CT molecular complexity index is 525. The van der Waals surface area contributed by atoms with Crippen molar-refractivity contribution < 1.29 is 27.9 Å². The number of likely N-dealkylation sites (tertiary alicyclic amines) is 1. The molecule has 10 heteroatoms. The Hall–Kier alpha value is -1.39. The van der Waals surface area contributed by atoms with E-state index in [0.717, 1.165) is 0 Å². The van der Waals surface area contributed by atoms with Crippen molar-refractivity contribution in [1.29, 1.82) is 0 Å². The molecular weight excluding hydrogens is 338 g/mol. The van der Waals surface area contributed by atoms with Gasteiger partial charge in [-0.2, -0.15) is 0 Å². The van der Waals surface area contributed by atoms with Crippen molar-refractivity contribution in [2.75, 3.05) is 46.9 Å². The number of carbonyl (C=O) groups excluding carboxylic acids is 1. The highest BCUT2D eigenvalue weighted by Crippen LogP contribution is 2.19. The summed E-state index contributed by atoms with van der Waals surface area (Å²) in [6.45, 7) is 1.49. The molecule has 1 atom stereocenters. The third-order valence-electron chi connectivity index (χ3n) is 3.97. The van der Waals surface area contributed by atoms with Gasteiger partial charge in [-0.25, -0.2) is 17.5 Å². The van der Waals surface area contributed by atoms with Gasteiger partial charge in [0.2, 0.25) is 10.0 Å². The second kappa shape index (κ2) is 9.80. The van der Waals surface area contributed by atoms with Gasteiger partial charge in [0.1, 0.15) is 0 Å². The monoisotopic (exact) mass is 365 g/mol. The highest BCUT2D eigenvalue weighted by molar-refractivity contribution is 7.89. The highest BCUT2D eigenvalue weighted by atomic mass is 32.2. The Morgan fingerprint density at radius 3 is 2.75 bits per heavy atom. The van der Waals surface area contributed by atoms with Gasteiger partial charge in [0, 0.05) is 46.8 Å². The number of rotatable bonds is 9. The van der Waals surface area contributed by atoms with Gasteiger partial charge in [0.05, 0.1) is 11.9 Å². The van der Waals surface area contributed by atoms with E-state index in [-0.39, 0.29) is 32.1 Å². The lowest BCUT2D eigenvalue weighted by Gasteiger charge is -2.34. The fraction of sp³-hybridized carbons (Fsp3) is 0.857. The Morgan fingerprint density at radius 2 is 2.12 bits per heavy atom. The van der Waals surface area contributed by atoms with E-state index >= 15 is 0 Å². The molecule has 24 heavy (non-hydrogen) atoms. The molecule has 1 aliphatic rings. The molecule has 0 aromatic rings. The second-order valence-corrected chi connectivity index (χ2v) is 8.12. The van der Waals surface area contributed by atoms with Crippen molar-refractivity contribution >= 4 is 22.0 Å². The molecule has 0 spiro atoms. The predicted octanol–water partition coefficient (Wildman–Crippen LogP) is -0.0668. The van der Waals surface area contributed by atoms with E-state index in [1.54, 1.807) is 0 Å². The third-order valence-corrected chi connectivity index (χ3v) is 6.25. The molecule has 1 unspecified atom stereocenters. The zero-order chi connectivity index (χ0) is 18.2. The van der Waals surface area contributed by atoms with E-state index in [9.17, 15) is 18.0 Å². The molecule has 0 aromatic carbocycles. The number of aliphatic carboxylic acids is 1. The number of nitrogens with zero attached hydrogens (tertiary/aromatic N) is 2. The Kier molecular flexibility index (Phi) is 8.43. The molecule has 0 aliphatic carbocycles. The second-order valence-electron chi connectivity index (χ2n) is 5.80. The molecule has 0 saturated carbocycles. The first-order valence-electron chi connectivity index (χ1n) is 7.97. The van der Waals surface area contributed by atoms with Gasteiger partial charge in [-0.05, 0) is 19.3 Å². The highest BCUT2D eigenvalue weighted by Gasteiger charge is 2.35. The summed E-state index contributed by atoms with van der Waals surface area (Å²) in [5.74, 6) is -0.910. The normalized spacial score (nSPS) is 18.6. The number of hydrogen-bond donors (Lipinski definition) is 2. The molecule has 0 aromatic heterocycles. The van der Waals surface area contributed by atoms with Crippen molar-refractivity contribution in [2.24, 2.45) is 0 Å². The summed E-state index contributed by atoms with van der Waals surface area (Å²) in [5.41, 5.74) is 0. The largest absolute Gasteiger partial charge is 0.481 e. The number of carboxylic acid groups (broad SMARTS) is 1.